The third-order valence-corrected chi connectivity index (χ3v) is 3.37. The second-order valence-corrected chi connectivity index (χ2v) is 5.71. The van der Waals surface area contributed by atoms with Crippen molar-refractivity contribution in [2.75, 3.05) is 17.3 Å². The lowest BCUT2D eigenvalue weighted by atomic mass is 10.3. The lowest BCUT2D eigenvalue weighted by Gasteiger charge is -2.15. The van der Waals surface area contributed by atoms with Gasteiger partial charge in [-0.15, -0.1) is 0 Å². The number of rotatable bonds is 4. The first-order valence-electron chi connectivity index (χ1n) is 5.43. The predicted octanol–water partition coefficient (Wildman–Crippen LogP) is 1.22. The number of anilines is 1. The maximum Gasteiger partial charge on any atom is 0.157 e. The number of aromatic nitrogens is 3. The van der Waals surface area contributed by atoms with Crippen LogP contribution in [0.1, 0.15) is 12.5 Å². The van der Waals surface area contributed by atoms with Gasteiger partial charge in [0.15, 0.2) is 5.65 Å². The average Bonchev–Trinajstić information content (AvgIpc) is 2.63. The van der Waals surface area contributed by atoms with Gasteiger partial charge in [-0.05, 0) is 31.5 Å². The van der Waals surface area contributed by atoms with E-state index in [-0.39, 0.29) is 6.04 Å². The van der Waals surface area contributed by atoms with Crippen LogP contribution in [0.2, 0.25) is 0 Å². The number of pyridine rings is 1. The molecule has 2 aromatic rings. The van der Waals surface area contributed by atoms with E-state index >= 15 is 0 Å². The van der Waals surface area contributed by atoms with Crippen molar-refractivity contribution in [2.24, 2.45) is 0 Å². The fraction of sp³-hybridized carbons (Fsp3) is 0.455. The van der Waals surface area contributed by atoms with E-state index in [1.807, 2.05) is 26.0 Å². The molecule has 2 atom stereocenters. The summed E-state index contributed by atoms with van der Waals surface area (Å²) in [5, 5.41) is 7.47. The second-order valence-electron chi connectivity index (χ2n) is 4.23. The number of aryl methyl sites for hydroxylation is 1. The summed E-state index contributed by atoms with van der Waals surface area (Å²) in [5.74, 6) is 1.50. The average molecular weight is 252 g/mol. The Morgan fingerprint density at radius 3 is 3.00 bits per heavy atom. The molecular weight excluding hydrogens is 236 g/mol. The van der Waals surface area contributed by atoms with Crippen molar-refractivity contribution in [1.29, 1.82) is 0 Å². The minimum atomic E-state index is -0.807. The van der Waals surface area contributed by atoms with Crippen LogP contribution in [-0.4, -0.2) is 36.9 Å². The Balaban J connectivity index is 2.28. The monoisotopic (exact) mass is 252 g/mol. The molecule has 0 spiro atoms. The largest absolute Gasteiger partial charge is 0.367 e. The summed E-state index contributed by atoms with van der Waals surface area (Å²) in [4.78, 5) is 4.16. The minimum Gasteiger partial charge on any atom is -0.367 e. The van der Waals surface area contributed by atoms with Crippen molar-refractivity contribution >= 4 is 22.3 Å². The second kappa shape index (κ2) is 4.83. The van der Waals surface area contributed by atoms with Crippen LogP contribution in [-0.2, 0) is 10.8 Å². The van der Waals surface area contributed by atoms with Crippen molar-refractivity contribution < 1.29 is 4.21 Å². The Morgan fingerprint density at radius 1 is 1.53 bits per heavy atom. The molecule has 0 fully saturated rings. The van der Waals surface area contributed by atoms with Crippen LogP contribution in [0.5, 0.6) is 0 Å². The van der Waals surface area contributed by atoms with Gasteiger partial charge in [0.25, 0.3) is 0 Å². The van der Waals surface area contributed by atoms with Crippen LogP contribution in [0.3, 0.4) is 0 Å². The summed E-state index contributed by atoms with van der Waals surface area (Å²) in [6.07, 6.45) is 3.24. The first-order valence-corrected chi connectivity index (χ1v) is 7.16. The van der Waals surface area contributed by atoms with E-state index in [0.717, 1.165) is 17.0 Å². The van der Waals surface area contributed by atoms with Crippen LogP contribution >= 0.6 is 0 Å². The van der Waals surface area contributed by atoms with Gasteiger partial charge in [0.1, 0.15) is 12.1 Å². The van der Waals surface area contributed by atoms with Crippen molar-refractivity contribution in [1.82, 2.24) is 14.6 Å². The Bertz CT molecular complexity index is 551. The van der Waals surface area contributed by atoms with Gasteiger partial charge in [0.05, 0.1) is 0 Å². The molecule has 6 heteroatoms. The van der Waals surface area contributed by atoms with E-state index in [0.29, 0.717) is 5.75 Å². The van der Waals surface area contributed by atoms with E-state index in [1.54, 1.807) is 10.8 Å². The molecule has 2 rings (SSSR count). The molecular formula is C11H16N4OS. The molecule has 0 bridgehead atoms. The van der Waals surface area contributed by atoms with E-state index in [2.05, 4.69) is 15.4 Å². The fourth-order valence-corrected chi connectivity index (χ4v) is 2.59. The molecule has 0 amide bonds. The third kappa shape index (κ3) is 2.82. The molecule has 2 unspecified atom stereocenters. The minimum absolute atomic E-state index is 0.134. The molecule has 1 N–H and O–H groups in total. The van der Waals surface area contributed by atoms with Gasteiger partial charge in [-0.2, -0.15) is 9.61 Å². The molecule has 0 saturated carbocycles. The van der Waals surface area contributed by atoms with Crippen LogP contribution in [0.25, 0.3) is 5.65 Å². The van der Waals surface area contributed by atoms with Crippen molar-refractivity contribution in [3.63, 3.8) is 0 Å². The molecule has 17 heavy (non-hydrogen) atoms. The van der Waals surface area contributed by atoms with Gasteiger partial charge < -0.3 is 5.32 Å². The van der Waals surface area contributed by atoms with E-state index < -0.39 is 10.8 Å². The molecule has 0 aliphatic carbocycles. The van der Waals surface area contributed by atoms with E-state index in [4.69, 9.17) is 0 Å². The predicted molar refractivity (Wildman–Crippen MR) is 69.7 cm³/mol. The van der Waals surface area contributed by atoms with Crippen LogP contribution in [0.15, 0.2) is 18.5 Å². The van der Waals surface area contributed by atoms with Crippen LogP contribution in [0.4, 0.5) is 5.82 Å². The molecule has 2 aromatic heterocycles. The Labute approximate surface area is 103 Å². The SMILES string of the molecule is Cc1cc(NC(C)CS(C)=O)n2ncnc2c1. The summed E-state index contributed by atoms with van der Waals surface area (Å²) >= 11 is 0. The Morgan fingerprint density at radius 2 is 2.29 bits per heavy atom. The molecule has 0 saturated heterocycles. The molecule has 5 nitrogen and oxygen atoms in total. The summed E-state index contributed by atoms with van der Waals surface area (Å²) in [5.41, 5.74) is 1.94. The van der Waals surface area contributed by atoms with Gasteiger partial charge in [0.2, 0.25) is 0 Å². The zero-order chi connectivity index (χ0) is 12.4. The lowest BCUT2D eigenvalue weighted by Crippen LogP contribution is -2.23. The van der Waals surface area contributed by atoms with Crippen LogP contribution < -0.4 is 5.32 Å². The summed E-state index contributed by atoms with van der Waals surface area (Å²) in [6, 6.07) is 4.12. The molecule has 92 valence electrons. The van der Waals surface area contributed by atoms with Crippen LogP contribution in [0, 0.1) is 6.92 Å². The molecule has 0 radical (unpaired) electrons. The highest BCUT2D eigenvalue weighted by atomic mass is 32.2. The third-order valence-electron chi connectivity index (χ3n) is 2.40. The molecule has 0 aliphatic rings. The Hall–Kier alpha value is -1.43. The maximum atomic E-state index is 11.2. The lowest BCUT2D eigenvalue weighted by molar-refractivity contribution is 0.682. The number of fused-ring (bicyclic) bond motifs is 1. The van der Waals surface area contributed by atoms with E-state index in [9.17, 15) is 4.21 Å². The highest BCUT2D eigenvalue weighted by molar-refractivity contribution is 7.84. The van der Waals surface area contributed by atoms with Gasteiger partial charge in [-0.25, -0.2) is 4.98 Å². The number of hydrogen-bond donors (Lipinski definition) is 1. The number of nitrogens with zero attached hydrogens (tertiary/aromatic N) is 3. The normalized spacial score (nSPS) is 14.8. The van der Waals surface area contributed by atoms with E-state index in [1.165, 1.54) is 6.33 Å². The first-order chi connectivity index (χ1) is 8.06. The summed E-state index contributed by atoms with van der Waals surface area (Å²) in [7, 11) is -0.807. The number of hydrogen-bond acceptors (Lipinski definition) is 4. The maximum absolute atomic E-state index is 11.2. The van der Waals surface area contributed by atoms with Crippen molar-refractivity contribution in [2.45, 2.75) is 19.9 Å². The van der Waals surface area contributed by atoms with Gasteiger partial charge >= 0.3 is 0 Å². The fourth-order valence-electron chi connectivity index (χ4n) is 1.81. The Kier molecular flexibility index (Phi) is 3.42. The number of nitrogens with one attached hydrogen (secondary N) is 1. The zero-order valence-electron chi connectivity index (χ0n) is 10.2. The molecule has 2 heterocycles. The molecule has 0 aliphatic heterocycles. The van der Waals surface area contributed by atoms with Crippen molar-refractivity contribution in [3.05, 3.63) is 24.0 Å². The first kappa shape index (κ1) is 12.0. The van der Waals surface area contributed by atoms with Gasteiger partial charge in [0, 0.05) is 28.9 Å². The highest BCUT2D eigenvalue weighted by Crippen LogP contribution is 2.14. The van der Waals surface area contributed by atoms with Gasteiger partial charge in [-0.1, -0.05) is 0 Å². The summed E-state index contributed by atoms with van der Waals surface area (Å²) < 4.78 is 12.9. The van der Waals surface area contributed by atoms with Crippen molar-refractivity contribution in [3.8, 4) is 0 Å². The quantitative estimate of drug-likeness (QED) is 0.888. The smallest absolute Gasteiger partial charge is 0.157 e. The standard InChI is InChI=1S/C11H16N4OS/c1-8-4-10-12-7-13-15(10)11(5-8)14-9(2)6-17(3)16/h4-5,7,9,14H,6H2,1-3H3. The van der Waals surface area contributed by atoms with Gasteiger partial charge in [-0.3, -0.25) is 4.21 Å². The topological polar surface area (TPSA) is 59.3 Å². The molecule has 0 aromatic carbocycles. The summed E-state index contributed by atoms with van der Waals surface area (Å²) in [6.45, 7) is 4.02. The highest BCUT2D eigenvalue weighted by Gasteiger charge is 2.08. The zero-order valence-corrected chi connectivity index (χ0v) is 11.0.